The summed E-state index contributed by atoms with van der Waals surface area (Å²) < 4.78 is 0. The normalized spacial score (nSPS) is 16.7. The Balaban J connectivity index is 1.47. The average Bonchev–Trinajstić information content (AvgIpc) is 2.96. The van der Waals surface area contributed by atoms with Gasteiger partial charge >= 0.3 is 0 Å². The number of hydrogen-bond acceptors (Lipinski definition) is 5. The first-order valence-corrected chi connectivity index (χ1v) is 7.18. The summed E-state index contributed by atoms with van der Waals surface area (Å²) in [4.78, 5) is 8.75. The van der Waals surface area contributed by atoms with E-state index in [1.54, 1.807) is 0 Å². The molecular formula is C15H20N6. The van der Waals surface area contributed by atoms with Crippen LogP contribution in [0.4, 0.5) is 11.9 Å². The van der Waals surface area contributed by atoms with Gasteiger partial charge in [0.25, 0.3) is 0 Å². The predicted octanol–water partition coefficient (Wildman–Crippen LogP) is 1.22. The molecule has 3 rings (SSSR count). The van der Waals surface area contributed by atoms with Crippen LogP contribution in [-0.2, 0) is 0 Å². The van der Waals surface area contributed by atoms with Gasteiger partial charge in [-0.2, -0.15) is 4.98 Å². The van der Waals surface area contributed by atoms with Gasteiger partial charge < -0.3 is 10.6 Å². The fourth-order valence-corrected chi connectivity index (χ4v) is 2.44. The van der Waals surface area contributed by atoms with Crippen molar-refractivity contribution in [2.45, 2.75) is 0 Å². The molecule has 0 spiro atoms. The molecule has 1 aliphatic rings. The second kappa shape index (κ2) is 6.41. The third kappa shape index (κ3) is 3.61. The molecule has 2 heterocycles. The van der Waals surface area contributed by atoms with Gasteiger partial charge in [0.1, 0.15) is 0 Å². The molecule has 0 bridgehead atoms. The van der Waals surface area contributed by atoms with Gasteiger partial charge in [-0.1, -0.05) is 42.5 Å². The number of aromatic nitrogens is 3. The molecule has 3 N–H and O–H groups in total. The molecular weight excluding hydrogens is 264 g/mol. The summed E-state index contributed by atoms with van der Waals surface area (Å²) in [6.07, 6.45) is 4.39. The van der Waals surface area contributed by atoms with E-state index in [2.05, 4.69) is 61.4 Å². The van der Waals surface area contributed by atoms with Crippen LogP contribution in [0.25, 0.3) is 6.08 Å². The number of piperazine rings is 1. The molecule has 21 heavy (non-hydrogen) atoms. The zero-order valence-electron chi connectivity index (χ0n) is 11.9. The van der Waals surface area contributed by atoms with Crippen molar-refractivity contribution in [2.24, 2.45) is 0 Å². The molecule has 2 aromatic rings. The first-order chi connectivity index (χ1) is 10.3. The largest absolute Gasteiger partial charge is 0.368 e. The third-order valence-corrected chi connectivity index (χ3v) is 3.62. The number of H-pyrrole nitrogens is 1. The summed E-state index contributed by atoms with van der Waals surface area (Å²) >= 11 is 0. The molecule has 0 amide bonds. The van der Waals surface area contributed by atoms with Crippen LogP contribution in [0.3, 0.4) is 0 Å². The summed E-state index contributed by atoms with van der Waals surface area (Å²) in [7, 11) is 0. The standard InChI is InChI=1S/C15H20N6/c16-14-17-15(19-18-14)21-11-9-20(10-12-21)8-4-7-13-5-2-1-3-6-13/h1-7H,8-12H2,(H3,16,17,18,19)/b7-4+. The van der Waals surface area contributed by atoms with E-state index in [9.17, 15) is 0 Å². The van der Waals surface area contributed by atoms with Crippen LogP contribution in [-0.4, -0.2) is 52.8 Å². The van der Waals surface area contributed by atoms with Gasteiger partial charge in [0.05, 0.1) is 0 Å². The number of benzene rings is 1. The Hall–Kier alpha value is -2.34. The van der Waals surface area contributed by atoms with E-state index in [4.69, 9.17) is 5.73 Å². The fraction of sp³-hybridized carbons (Fsp3) is 0.333. The van der Waals surface area contributed by atoms with E-state index in [1.165, 1.54) is 5.56 Å². The van der Waals surface area contributed by atoms with Gasteiger partial charge in [0, 0.05) is 32.7 Å². The van der Waals surface area contributed by atoms with Crippen molar-refractivity contribution in [1.82, 2.24) is 20.1 Å². The van der Waals surface area contributed by atoms with E-state index in [0.717, 1.165) is 32.7 Å². The lowest BCUT2D eigenvalue weighted by molar-refractivity contribution is 0.283. The minimum Gasteiger partial charge on any atom is -0.368 e. The van der Waals surface area contributed by atoms with Crippen LogP contribution in [0.5, 0.6) is 0 Å². The molecule has 1 aromatic heterocycles. The Bertz CT molecular complexity index is 583. The second-order valence-electron chi connectivity index (χ2n) is 5.12. The smallest absolute Gasteiger partial charge is 0.246 e. The van der Waals surface area contributed by atoms with Gasteiger partial charge in [0.2, 0.25) is 11.9 Å². The SMILES string of the molecule is Nc1nc(N2CCN(C/C=C/c3ccccc3)CC2)n[nH]1. The maximum Gasteiger partial charge on any atom is 0.246 e. The first kappa shape index (κ1) is 13.6. The number of nitrogens with zero attached hydrogens (tertiary/aromatic N) is 4. The Morgan fingerprint density at radius 3 is 2.57 bits per heavy atom. The molecule has 6 heteroatoms. The lowest BCUT2D eigenvalue weighted by atomic mass is 10.2. The summed E-state index contributed by atoms with van der Waals surface area (Å²) in [6, 6.07) is 10.4. The highest BCUT2D eigenvalue weighted by atomic mass is 15.4. The van der Waals surface area contributed by atoms with Crippen molar-refractivity contribution in [3.05, 3.63) is 42.0 Å². The number of hydrogen-bond donors (Lipinski definition) is 2. The molecule has 1 fully saturated rings. The Labute approximate surface area is 124 Å². The summed E-state index contributed by atoms with van der Waals surface area (Å²) in [5.41, 5.74) is 6.80. The molecule has 0 atom stereocenters. The van der Waals surface area contributed by atoms with E-state index >= 15 is 0 Å². The summed E-state index contributed by atoms with van der Waals surface area (Å²) in [5, 5.41) is 6.78. The monoisotopic (exact) mass is 284 g/mol. The molecule has 1 saturated heterocycles. The van der Waals surface area contributed by atoms with Crippen LogP contribution in [0.1, 0.15) is 5.56 Å². The number of nitrogens with one attached hydrogen (secondary N) is 1. The maximum absolute atomic E-state index is 5.56. The highest BCUT2D eigenvalue weighted by Crippen LogP contribution is 2.11. The Morgan fingerprint density at radius 2 is 1.90 bits per heavy atom. The maximum atomic E-state index is 5.56. The first-order valence-electron chi connectivity index (χ1n) is 7.18. The number of nitrogen functional groups attached to an aromatic ring is 1. The van der Waals surface area contributed by atoms with Crippen molar-refractivity contribution < 1.29 is 0 Å². The summed E-state index contributed by atoms with van der Waals surface area (Å²) in [5.74, 6) is 1.07. The minimum absolute atomic E-state index is 0.373. The van der Waals surface area contributed by atoms with E-state index < -0.39 is 0 Å². The van der Waals surface area contributed by atoms with Crippen molar-refractivity contribution in [3.8, 4) is 0 Å². The number of nitrogens with two attached hydrogens (primary N) is 1. The summed E-state index contributed by atoms with van der Waals surface area (Å²) in [6.45, 7) is 4.84. The number of rotatable bonds is 4. The van der Waals surface area contributed by atoms with Crippen molar-refractivity contribution in [1.29, 1.82) is 0 Å². The van der Waals surface area contributed by atoms with Crippen molar-refractivity contribution >= 4 is 18.0 Å². The molecule has 6 nitrogen and oxygen atoms in total. The topological polar surface area (TPSA) is 74.1 Å². The second-order valence-corrected chi connectivity index (χ2v) is 5.12. The quantitative estimate of drug-likeness (QED) is 0.883. The van der Waals surface area contributed by atoms with Gasteiger partial charge in [-0.3, -0.25) is 4.90 Å². The Morgan fingerprint density at radius 1 is 1.14 bits per heavy atom. The fourth-order valence-electron chi connectivity index (χ4n) is 2.44. The predicted molar refractivity (Wildman–Crippen MR) is 84.9 cm³/mol. The van der Waals surface area contributed by atoms with Gasteiger partial charge in [-0.25, -0.2) is 5.10 Å². The van der Waals surface area contributed by atoms with E-state index in [0.29, 0.717) is 11.9 Å². The van der Waals surface area contributed by atoms with Crippen LogP contribution >= 0.6 is 0 Å². The Kier molecular flexibility index (Phi) is 4.16. The van der Waals surface area contributed by atoms with E-state index in [1.807, 2.05) is 6.07 Å². The number of aromatic amines is 1. The average molecular weight is 284 g/mol. The zero-order valence-corrected chi connectivity index (χ0v) is 11.9. The van der Waals surface area contributed by atoms with Gasteiger partial charge in [-0.15, -0.1) is 5.10 Å². The molecule has 0 unspecified atom stereocenters. The van der Waals surface area contributed by atoms with Crippen LogP contribution in [0.15, 0.2) is 36.4 Å². The van der Waals surface area contributed by atoms with Crippen molar-refractivity contribution in [3.63, 3.8) is 0 Å². The van der Waals surface area contributed by atoms with Gasteiger partial charge in [-0.05, 0) is 5.56 Å². The molecule has 0 radical (unpaired) electrons. The third-order valence-electron chi connectivity index (χ3n) is 3.62. The lowest BCUT2D eigenvalue weighted by Gasteiger charge is -2.33. The highest BCUT2D eigenvalue weighted by Gasteiger charge is 2.18. The molecule has 1 aliphatic heterocycles. The number of anilines is 2. The lowest BCUT2D eigenvalue weighted by Crippen LogP contribution is -2.46. The van der Waals surface area contributed by atoms with Crippen LogP contribution in [0, 0.1) is 0 Å². The van der Waals surface area contributed by atoms with Crippen molar-refractivity contribution in [2.75, 3.05) is 43.4 Å². The molecule has 0 aliphatic carbocycles. The molecule has 1 aromatic carbocycles. The highest BCUT2D eigenvalue weighted by molar-refractivity contribution is 5.48. The van der Waals surface area contributed by atoms with E-state index in [-0.39, 0.29) is 0 Å². The van der Waals surface area contributed by atoms with Gasteiger partial charge in [0.15, 0.2) is 0 Å². The minimum atomic E-state index is 0.373. The zero-order chi connectivity index (χ0) is 14.5. The van der Waals surface area contributed by atoms with Crippen LogP contribution in [0.2, 0.25) is 0 Å². The molecule has 110 valence electrons. The van der Waals surface area contributed by atoms with Crippen LogP contribution < -0.4 is 10.6 Å². The molecule has 0 saturated carbocycles.